The number of anilines is 2. The molecular formula is C27H34N6O4. The maximum Gasteiger partial charge on any atom is 0.158 e. The summed E-state index contributed by atoms with van der Waals surface area (Å²) in [5.41, 5.74) is 8.94. The Bertz CT molecular complexity index is 1260. The van der Waals surface area contributed by atoms with E-state index in [9.17, 15) is 4.79 Å². The highest BCUT2D eigenvalue weighted by Crippen LogP contribution is 2.36. The van der Waals surface area contributed by atoms with Crippen LogP contribution < -0.4 is 26.4 Å². The van der Waals surface area contributed by atoms with Crippen molar-refractivity contribution in [3.05, 3.63) is 60.2 Å². The third-order valence-corrected chi connectivity index (χ3v) is 6.04. The van der Waals surface area contributed by atoms with Crippen LogP contribution in [0.4, 0.5) is 11.5 Å². The van der Waals surface area contributed by atoms with Crippen molar-refractivity contribution < 1.29 is 19.0 Å². The number of aromatic nitrogens is 2. The van der Waals surface area contributed by atoms with Gasteiger partial charge in [-0.2, -0.15) is 0 Å². The zero-order chi connectivity index (χ0) is 26.4. The number of rotatable bonds is 11. The molecule has 10 nitrogen and oxygen atoms in total. The Balaban J connectivity index is 1.44. The van der Waals surface area contributed by atoms with Gasteiger partial charge in [-0.1, -0.05) is 26.0 Å². The number of ketones is 1. The summed E-state index contributed by atoms with van der Waals surface area (Å²) in [6.45, 7) is 5.30. The van der Waals surface area contributed by atoms with Crippen molar-refractivity contribution in [3.63, 3.8) is 0 Å². The summed E-state index contributed by atoms with van der Waals surface area (Å²) < 4.78 is 17.1. The monoisotopic (exact) mass is 506 g/mol. The second-order valence-corrected chi connectivity index (χ2v) is 9.34. The van der Waals surface area contributed by atoms with Crippen LogP contribution in [0.3, 0.4) is 0 Å². The number of fused-ring (bicyclic) bond motifs is 1. The molecular weight excluding hydrogens is 472 g/mol. The second-order valence-electron chi connectivity index (χ2n) is 9.34. The van der Waals surface area contributed by atoms with E-state index in [2.05, 4.69) is 15.3 Å². The molecule has 0 unspecified atom stereocenters. The zero-order valence-electron chi connectivity index (χ0n) is 21.4. The number of hydrogen-bond donors (Lipinski definition) is 3. The highest BCUT2D eigenvalue weighted by molar-refractivity contribution is 5.96. The van der Waals surface area contributed by atoms with Crippen LogP contribution in [-0.4, -0.2) is 53.7 Å². The second kappa shape index (κ2) is 11.9. The Morgan fingerprint density at radius 3 is 2.73 bits per heavy atom. The number of benzene rings is 2. The summed E-state index contributed by atoms with van der Waals surface area (Å²) in [4.78, 5) is 21.3. The van der Waals surface area contributed by atoms with Crippen molar-refractivity contribution in [2.45, 2.75) is 32.8 Å². The predicted molar refractivity (Wildman–Crippen MR) is 142 cm³/mol. The van der Waals surface area contributed by atoms with Gasteiger partial charge in [-0.15, -0.1) is 0 Å². The van der Waals surface area contributed by atoms with E-state index in [-0.39, 0.29) is 30.8 Å². The third-order valence-electron chi connectivity index (χ3n) is 6.04. The summed E-state index contributed by atoms with van der Waals surface area (Å²) >= 11 is 0. The topological polar surface area (TPSA) is 138 Å². The van der Waals surface area contributed by atoms with Crippen molar-refractivity contribution >= 4 is 28.2 Å². The van der Waals surface area contributed by atoms with Crippen LogP contribution in [0.2, 0.25) is 0 Å². The number of allylic oxidation sites excluding steroid dienone is 1. The smallest absolute Gasteiger partial charge is 0.158 e. The van der Waals surface area contributed by atoms with Gasteiger partial charge in [-0.25, -0.2) is 15.8 Å². The van der Waals surface area contributed by atoms with E-state index in [1.54, 1.807) is 13.3 Å². The number of nitrogens with zero attached hydrogens (tertiary/aromatic N) is 3. The molecule has 1 saturated heterocycles. The van der Waals surface area contributed by atoms with Crippen molar-refractivity contribution in [1.29, 1.82) is 0 Å². The van der Waals surface area contributed by atoms with Gasteiger partial charge in [0.2, 0.25) is 0 Å². The Hall–Kier alpha value is -3.89. The maximum atomic E-state index is 12.4. The van der Waals surface area contributed by atoms with E-state index in [0.717, 1.165) is 23.1 Å². The highest BCUT2D eigenvalue weighted by Gasteiger charge is 2.19. The highest BCUT2D eigenvalue weighted by atomic mass is 16.5. The number of Topliss-reactive ketones (excluding diaryl/α,β-unsaturated/α-hetero) is 1. The van der Waals surface area contributed by atoms with Crippen molar-refractivity contribution in [2.24, 2.45) is 17.5 Å². The van der Waals surface area contributed by atoms with E-state index in [0.29, 0.717) is 41.7 Å². The molecule has 3 aromatic rings. The summed E-state index contributed by atoms with van der Waals surface area (Å²) in [5.74, 6) is 7.95. The molecule has 1 fully saturated rings. The molecule has 2 heterocycles. The first kappa shape index (κ1) is 26.2. The minimum Gasteiger partial charge on any atom is -0.496 e. The minimum absolute atomic E-state index is 0.00950. The van der Waals surface area contributed by atoms with Crippen LogP contribution in [0.15, 0.2) is 54.6 Å². The van der Waals surface area contributed by atoms with Crippen molar-refractivity contribution in [1.82, 2.24) is 15.0 Å². The van der Waals surface area contributed by atoms with Gasteiger partial charge in [-0.3, -0.25) is 4.79 Å². The molecule has 1 aliphatic rings. The quantitative estimate of drug-likeness (QED) is 0.262. The maximum absolute atomic E-state index is 12.4. The first-order valence-corrected chi connectivity index (χ1v) is 12.3. The lowest BCUT2D eigenvalue weighted by molar-refractivity contribution is -0.119. The van der Waals surface area contributed by atoms with Crippen LogP contribution in [0.5, 0.6) is 11.5 Å². The SMILES string of the molecule is COc1cc(O[C@H]2CCOC2)cc2ncnc(Nc3ccc(CC(=O)CN(N)/C=C(\N)C(C)C)cc3)c12. The Morgan fingerprint density at radius 2 is 2.05 bits per heavy atom. The Labute approximate surface area is 216 Å². The lowest BCUT2D eigenvalue weighted by Crippen LogP contribution is -2.33. The van der Waals surface area contributed by atoms with E-state index in [1.165, 1.54) is 11.3 Å². The predicted octanol–water partition coefficient (Wildman–Crippen LogP) is 3.29. The molecule has 0 amide bonds. The van der Waals surface area contributed by atoms with Gasteiger partial charge in [0.1, 0.15) is 29.7 Å². The van der Waals surface area contributed by atoms with Crippen molar-refractivity contribution in [2.75, 3.05) is 32.2 Å². The van der Waals surface area contributed by atoms with Gasteiger partial charge in [0.15, 0.2) is 5.78 Å². The number of nitrogens with two attached hydrogens (primary N) is 2. The molecule has 0 saturated carbocycles. The number of hydrogen-bond acceptors (Lipinski definition) is 10. The summed E-state index contributed by atoms with van der Waals surface area (Å²) in [7, 11) is 1.61. The Morgan fingerprint density at radius 1 is 1.27 bits per heavy atom. The van der Waals surface area contributed by atoms with Crippen molar-refractivity contribution in [3.8, 4) is 11.5 Å². The van der Waals surface area contributed by atoms with Crippen LogP contribution >= 0.6 is 0 Å². The average Bonchev–Trinajstić information content (AvgIpc) is 3.37. The molecule has 1 aliphatic heterocycles. The molecule has 1 aromatic heterocycles. The third kappa shape index (κ3) is 6.87. The molecule has 5 N–H and O–H groups in total. The van der Waals surface area contributed by atoms with Gasteiger partial charge >= 0.3 is 0 Å². The molecule has 0 spiro atoms. The van der Waals surface area contributed by atoms with E-state index in [4.69, 9.17) is 25.8 Å². The molecule has 196 valence electrons. The largest absolute Gasteiger partial charge is 0.496 e. The number of hydrazine groups is 1. The molecule has 10 heteroatoms. The number of ether oxygens (including phenoxy) is 3. The number of nitrogens with one attached hydrogen (secondary N) is 1. The molecule has 4 rings (SSSR count). The van der Waals surface area contributed by atoms with Gasteiger partial charge in [0.25, 0.3) is 0 Å². The molecule has 0 radical (unpaired) electrons. The minimum atomic E-state index is -0.00950. The van der Waals surface area contributed by atoms with Gasteiger partial charge in [-0.05, 0) is 23.6 Å². The van der Waals surface area contributed by atoms with Gasteiger partial charge < -0.3 is 30.3 Å². The fraction of sp³-hybridized carbons (Fsp3) is 0.370. The molecule has 1 atom stereocenters. The normalized spacial score (nSPS) is 15.7. The van der Waals surface area contributed by atoms with E-state index in [1.807, 2.05) is 50.2 Å². The molecule has 37 heavy (non-hydrogen) atoms. The fourth-order valence-electron chi connectivity index (χ4n) is 3.97. The van der Waals surface area contributed by atoms with Crippen LogP contribution in [0.1, 0.15) is 25.8 Å². The lowest BCUT2D eigenvalue weighted by Gasteiger charge is -2.16. The number of carbonyl (C=O) groups is 1. The van der Waals surface area contributed by atoms with Crippen LogP contribution in [0.25, 0.3) is 10.9 Å². The van der Waals surface area contributed by atoms with Gasteiger partial charge in [0.05, 0.1) is 37.8 Å². The summed E-state index contributed by atoms with van der Waals surface area (Å²) in [6.07, 6.45) is 4.25. The first-order chi connectivity index (χ1) is 17.8. The Kier molecular flexibility index (Phi) is 8.42. The molecule has 0 bridgehead atoms. The van der Waals surface area contributed by atoms with Gasteiger partial charge in [0, 0.05) is 42.6 Å². The van der Waals surface area contributed by atoms with E-state index < -0.39 is 0 Å². The number of methoxy groups -OCH3 is 1. The number of carbonyl (C=O) groups excluding carboxylic acids is 1. The first-order valence-electron chi connectivity index (χ1n) is 12.3. The average molecular weight is 507 g/mol. The standard InChI is InChI=1S/C27H34N6O4/c1-17(2)23(28)14-33(29)13-20(34)10-18-4-6-19(7-5-18)32-27-26-24(30-16-31-27)11-22(12-25(26)35-3)37-21-8-9-36-15-21/h4-7,11-12,14,16-17,21H,8-10,13,15,28-29H2,1-3H3,(H,30,31,32)/b23-14-/t21-/m0/s1. The lowest BCUT2D eigenvalue weighted by atomic mass is 10.1. The molecule has 0 aliphatic carbocycles. The van der Waals surface area contributed by atoms with Crippen LogP contribution in [0, 0.1) is 5.92 Å². The molecule has 2 aromatic carbocycles. The zero-order valence-corrected chi connectivity index (χ0v) is 21.4. The summed E-state index contributed by atoms with van der Waals surface area (Å²) in [6, 6.07) is 11.3. The fourth-order valence-corrected chi connectivity index (χ4v) is 3.97. The van der Waals surface area contributed by atoms with Crippen LogP contribution in [-0.2, 0) is 16.0 Å². The summed E-state index contributed by atoms with van der Waals surface area (Å²) in [5, 5.41) is 5.41. The van der Waals surface area contributed by atoms with E-state index >= 15 is 0 Å².